The van der Waals surface area contributed by atoms with E-state index in [0.717, 1.165) is 5.56 Å². The van der Waals surface area contributed by atoms with Crippen LogP contribution in [0.5, 0.6) is 0 Å². The van der Waals surface area contributed by atoms with Crippen LogP contribution in [-0.4, -0.2) is 49.8 Å². The highest BCUT2D eigenvalue weighted by molar-refractivity contribution is 5.87. The Hall–Kier alpha value is -1.92. The van der Waals surface area contributed by atoms with Crippen molar-refractivity contribution in [2.24, 2.45) is 5.92 Å². The lowest BCUT2D eigenvalue weighted by Gasteiger charge is -2.16. The number of carbonyl (C=O) groups is 2. The Morgan fingerprint density at radius 2 is 2.19 bits per heavy atom. The predicted octanol–water partition coefficient (Wildman–Crippen LogP) is 0.278. The van der Waals surface area contributed by atoms with Crippen LogP contribution in [0, 0.1) is 5.92 Å². The van der Waals surface area contributed by atoms with Gasteiger partial charge in [-0.15, -0.1) is 0 Å². The Kier molecular flexibility index (Phi) is 5.30. The molecule has 1 heterocycles. The number of ether oxygens (including phenoxy) is 1. The quantitative estimate of drug-likeness (QED) is 0.701. The van der Waals surface area contributed by atoms with E-state index >= 15 is 0 Å². The number of hydrogen-bond donors (Lipinski definition) is 3. The SMILES string of the molecule is CNC1COCC1C(=O)NCCc1cccc(C(=O)O)c1. The van der Waals surface area contributed by atoms with Crippen LogP contribution < -0.4 is 10.6 Å². The molecule has 1 fully saturated rings. The summed E-state index contributed by atoms with van der Waals surface area (Å²) in [4.78, 5) is 22.9. The highest BCUT2D eigenvalue weighted by Gasteiger charge is 2.32. The lowest BCUT2D eigenvalue weighted by molar-refractivity contribution is -0.125. The van der Waals surface area contributed by atoms with Crippen LogP contribution in [0.15, 0.2) is 24.3 Å². The first-order chi connectivity index (χ1) is 10.1. The van der Waals surface area contributed by atoms with E-state index in [1.165, 1.54) is 0 Å². The third-order valence-electron chi connectivity index (χ3n) is 3.67. The van der Waals surface area contributed by atoms with Crippen LogP contribution in [0.1, 0.15) is 15.9 Å². The third kappa shape index (κ3) is 4.03. The van der Waals surface area contributed by atoms with E-state index in [1.807, 2.05) is 13.1 Å². The molecule has 0 radical (unpaired) electrons. The Bertz CT molecular complexity index is 518. The van der Waals surface area contributed by atoms with E-state index in [4.69, 9.17) is 9.84 Å². The first kappa shape index (κ1) is 15.5. The Labute approximate surface area is 123 Å². The van der Waals surface area contributed by atoms with E-state index in [1.54, 1.807) is 18.2 Å². The molecule has 0 aliphatic carbocycles. The number of rotatable bonds is 6. The molecule has 0 aromatic heterocycles. The second kappa shape index (κ2) is 7.19. The molecule has 0 spiro atoms. The topological polar surface area (TPSA) is 87.7 Å². The van der Waals surface area contributed by atoms with Gasteiger partial charge in [0.25, 0.3) is 0 Å². The van der Waals surface area contributed by atoms with Crippen LogP contribution in [0.2, 0.25) is 0 Å². The number of carbonyl (C=O) groups excluding carboxylic acids is 1. The molecule has 21 heavy (non-hydrogen) atoms. The molecule has 0 bridgehead atoms. The summed E-state index contributed by atoms with van der Waals surface area (Å²) in [5.41, 5.74) is 1.15. The van der Waals surface area contributed by atoms with Gasteiger partial charge in [-0.25, -0.2) is 4.79 Å². The molecule has 2 rings (SSSR count). The summed E-state index contributed by atoms with van der Waals surface area (Å²) >= 11 is 0. The van der Waals surface area contributed by atoms with Crippen LogP contribution in [0.3, 0.4) is 0 Å². The van der Waals surface area contributed by atoms with Crippen molar-refractivity contribution in [3.8, 4) is 0 Å². The first-order valence-corrected chi connectivity index (χ1v) is 6.96. The van der Waals surface area contributed by atoms with Gasteiger partial charge in [0.1, 0.15) is 0 Å². The first-order valence-electron chi connectivity index (χ1n) is 6.96. The summed E-state index contributed by atoms with van der Waals surface area (Å²) in [5, 5.41) is 14.9. The van der Waals surface area contributed by atoms with E-state index < -0.39 is 5.97 Å². The summed E-state index contributed by atoms with van der Waals surface area (Å²) < 4.78 is 5.30. The third-order valence-corrected chi connectivity index (χ3v) is 3.67. The smallest absolute Gasteiger partial charge is 0.335 e. The van der Waals surface area contributed by atoms with E-state index in [2.05, 4.69) is 10.6 Å². The molecule has 1 aromatic carbocycles. The van der Waals surface area contributed by atoms with Gasteiger partial charge in [0.15, 0.2) is 0 Å². The van der Waals surface area contributed by atoms with Crippen molar-refractivity contribution in [1.82, 2.24) is 10.6 Å². The van der Waals surface area contributed by atoms with Crippen molar-refractivity contribution < 1.29 is 19.4 Å². The molecule has 1 aliphatic rings. The lowest BCUT2D eigenvalue weighted by Crippen LogP contribution is -2.43. The van der Waals surface area contributed by atoms with E-state index in [9.17, 15) is 9.59 Å². The Morgan fingerprint density at radius 3 is 2.90 bits per heavy atom. The Morgan fingerprint density at radius 1 is 1.38 bits per heavy atom. The summed E-state index contributed by atoms with van der Waals surface area (Å²) in [7, 11) is 1.82. The number of nitrogens with one attached hydrogen (secondary N) is 2. The average Bonchev–Trinajstić information content (AvgIpc) is 2.96. The van der Waals surface area contributed by atoms with Gasteiger partial charge in [-0.2, -0.15) is 0 Å². The number of carboxylic acids is 1. The molecule has 2 atom stereocenters. The molecule has 3 N–H and O–H groups in total. The maximum Gasteiger partial charge on any atom is 0.335 e. The second-order valence-electron chi connectivity index (χ2n) is 5.09. The molecule has 1 saturated heterocycles. The lowest BCUT2D eigenvalue weighted by atomic mass is 10.0. The number of benzene rings is 1. The van der Waals surface area contributed by atoms with Gasteiger partial charge in [-0.05, 0) is 31.2 Å². The molecular formula is C15H20N2O4. The number of hydrogen-bond acceptors (Lipinski definition) is 4. The monoisotopic (exact) mass is 292 g/mol. The molecule has 1 aliphatic heterocycles. The fourth-order valence-electron chi connectivity index (χ4n) is 2.42. The van der Waals surface area contributed by atoms with Crippen LogP contribution in [0.25, 0.3) is 0 Å². The second-order valence-corrected chi connectivity index (χ2v) is 5.09. The van der Waals surface area contributed by atoms with Crippen molar-refractivity contribution >= 4 is 11.9 Å². The van der Waals surface area contributed by atoms with Crippen molar-refractivity contribution in [3.63, 3.8) is 0 Å². The number of amides is 1. The average molecular weight is 292 g/mol. The molecule has 2 unspecified atom stereocenters. The van der Waals surface area contributed by atoms with Gasteiger partial charge in [0.2, 0.25) is 5.91 Å². The van der Waals surface area contributed by atoms with Crippen LogP contribution in [0.4, 0.5) is 0 Å². The van der Waals surface area contributed by atoms with Crippen LogP contribution in [-0.2, 0) is 16.0 Å². The van der Waals surface area contributed by atoms with Gasteiger partial charge in [-0.3, -0.25) is 4.79 Å². The molecule has 0 saturated carbocycles. The summed E-state index contributed by atoms with van der Waals surface area (Å²) in [5.74, 6) is -1.14. The summed E-state index contributed by atoms with van der Waals surface area (Å²) in [6.45, 7) is 1.47. The molecule has 6 heteroatoms. The Balaban J connectivity index is 1.82. The van der Waals surface area contributed by atoms with Gasteiger partial charge in [0.05, 0.1) is 24.7 Å². The highest BCUT2D eigenvalue weighted by Crippen LogP contribution is 2.13. The molecule has 1 aromatic rings. The number of aromatic carboxylic acids is 1. The largest absolute Gasteiger partial charge is 0.478 e. The zero-order chi connectivity index (χ0) is 15.2. The molecule has 114 valence electrons. The minimum absolute atomic E-state index is 0.0266. The van der Waals surface area contributed by atoms with Gasteiger partial charge >= 0.3 is 5.97 Å². The maximum atomic E-state index is 12.1. The van der Waals surface area contributed by atoms with Crippen molar-refractivity contribution in [3.05, 3.63) is 35.4 Å². The highest BCUT2D eigenvalue weighted by atomic mass is 16.5. The van der Waals surface area contributed by atoms with Gasteiger partial charge in [-0.1, -0.05) is 12.1 Å². The summed E-state index contributed by atoms with van der Waals surface area (Å²) in [6, 6.07) is 6.80. The minimum Gasteiger partial charge on any atom is -0.478 e. The fourth-order valence-corrected chi connectivity index (χ4v) is 2.42. The van der Waals surface area contributed by atoms with E-state index in [-0.39, 0.29) is 23.4 Å². The normalized spacial score (nSPS) is 21.2. The number of carboxylic acid groups (broad SMARTS) is 1. The zero-order valence-corrected chi connectivity index (χ0v) is 12.0. The molecular weight excluding hydrogens is 272 g/mol. The van der Waals surface area contributed by atoms with Gasteiger partial charge < -0.3 is 20.5 Å². The molecule has 1 amide bonds. The zero-order valence-electron chi connectivity index (χ0n) is 12.0. The number of likely N-dealkylation sites (N-methyl/N-ethyl adjacent to an activating group) is 1. The summed E-state index contributed by atoms with van der Waals surface area (Å²) in [6.07, 6.45) is 0.602. The van der Waals surface area contributed by atoms with Crippen molar-refractivity contribution in [2.45, 2.75) is 12.5 Å². The molecule has 6 nitrogen and oxygen atoms in total. The minimum atomic E-state index is -0.944. The van der Waals surface area contributed by atoms with Crippen LogP contribution >= 0.6 is 0 Å². The predicted molar refractivity (Wildman–Crippen MR) is 77.3 cm³/mol. The maximum absolute atomic E-state index is 12.1. The van der Waals surface area contributed by atoms with E-state index in [0.29, 0.717) is 26.2 Å². The standard InChI is InChI=1S/C15H20N2O4/c1-16-13-9-21-8-12(13)14(18)17-6-5-10-3-2-4-11(7-10)15(19)20/h2-4,7,12-13,16H,5-6,8-9H2,1H3,(H,17,18)(H,19,20). The van der Waals surface area contributed by atoms with Gasteiger partial charge in [0, 0.05) is 12.6 Å². The van der Waals surface area contributed by atoms with Crippen molar-refractivity contribution in [2.75, 3.05) is 26.8 Å². The fraction of sp³-hybridized carbons (Fsp3) is 0.467. The van der Waals surface area contributed by atoms with Crippen molar-refractivity contribution in [1.29, 1.82) is 0 Å².